The van der Waals surface area contributed by atoms with Crippen molar-refractivity contribution in [3.05, 3.63) is 75.4 Å². The van der Waals surface area contributed by atoms with E-state index in [4.69, 9.17) is 4.74 Å². The molecule has 3 rings (SSSR count). The third kappa shape index (κ3) is 3.54. The van der Waals surface area contributed by atoms with Crippen LogP contribution in [0.5, 0.6) is 0 Å². The molecule has 0 amide bonds. The molecule has 2 aromatic heterocycles. The van der Waals surface area contributed by atoms with Gasteiger partial charge in [0.1, 0.15) is 18.9 Å². The largest absolute Gasteiger partial charge is 0.465 e. The van der Waals surface area contributed by atoms with Crippen molar-refractivity contribution in [1.82, 2.24) is 14.3 Å². The molecular formula is C19H18N4O5. The predicted octanol–water partition coefficient (Wildman–Crippen LogP) is 2.87. The number of benzene rings is 1. The summed E-state index contributed by atoms with van der Waals surface area (Å²) in [4.78, 5) is 34.5. The van der Waals surface area contributed by atoms with E-state index >= 15 is 0 Å². The minimum Gasteiger partial charge on any atom is -0.465 e. The fourth-order valence-electron chi connectivity index (χ4n) is 3.07. The van der Waals surface area contributed by atoms with Crippen LogP contribution in [0.1, 0.15) is 32.1 Å². The summed E-state index contributed by atoms with van der Waals surface area (Å²) in [6.45, 7) is 3.59. The lowest BCUT2D eigenvalue weighted by Crippen LogP contribution is -2.12. The maximum absolute atomic E-state index is 12.7. The second-order valence-electron chi connectivity index (χ2n) is 6.24. The molecule has 28 heavy (non-hydrogen) atoms. The van der Waals surface area contributed by atoms with Gasteiger partial charge >= 0.3 is 11.7 Å². The number of nitro groups is 1. The van der Waals surface area contributed by atoms with Crippen molar-refractivity contribution in [2.45, 2.75) is 20.4 Å². The van der Waals surface area contributed by atoms with Gasteiger partial charge in [-0.1, -0.05) is 0 Å². The van der Waals surface area contributed by atoms with E-state index in [1.807, 2.05) is 18.4 Å². The maximum atomic E-state index is 12.7. The number of rotatable bonds is 6. The van der Waals surface area contributed by atoms with E-state index in [9.17, 15) is 19.7 Å². The van der Waals surface area contributed by atoms with Crippen molar-refractivity contribution in [3.63, 3.8) is 0 Å². The van der Waals surface area contributed by atoms with E-state index in [-0.39, 0.29) is 18.0 Å². The summed E-state index contributed by atoms with van der Waals surface area (Å²) >= 11 is 0. The van der Waals surface area contributed by atoms with Crippen LogP contribution in [0.4, 0.5) is 5.69 Å². The third-order valence-corrected chi connectivity index (χ3v) is 4.41. The number of Topliss-reactive ketones (excluding diaryl/α,β-unsaturated/α-hetero) is 1. The first-order chi connectivity index (χ1) is 13.3. The van der Waals surface area contributed by atoms with Crippen molar-refractivity contribution < 1.29 is 19.2 Å². The van der Waals surface area contributed by atoms with E-state index in [1.165, 1.54) is 18.0 Å². The molecule has 0 aliphatic carbocycles. The van der Waals surface area contributed by atoms with E-state index in [2.05, 4.69) is 5.10 Å². The number of hydrogen-bond acceptors (Lipinski definition) is 6. The monoisotopic (exact) mass is 382 g/mol. The number of ketones is 1. The second-order valence-corrected chi connectivity index (χ2v) is 6.24. The molecule has 0 fully saturated rings. The lowest BCUT2D eigenvalue weighted by Gasteiger charge is -2.10. The zero-order valence-electron chi connectivity index (χ0n) is 15.6. The van der Waals surface area contributed by atoms with Gasteiger partial charge in [-0.25, -0.2) is 4.79 Å². The highest BCUT2D eigenvalue weighted by Crippen LogP contribution is 2.22. The SMILES string of the molecule is COC(=O)c1ccc(-n2c(C)cc(C(=O)Cn3cc([N+](=O)[O-])cn3)c2C)cc1. The number of carbonyl (C=O) groups is 2. The average molecular weight is 382 g/mol. The molecule has 1 aromatic carbocycles. The summed E-state index contributed by atoms with van der Waals surface area (Å²) < 4.78 is 7.85. The fraction of sp³-hybridized carbons (Fsp3) is 0.211. The Kier molecular flexibility index (Phi) is 5.08. The molecule has 0 N–H and O–H groups in total. The van der Waals surface area contributed by atoms with Gasteiger partial charge in [-0.15, -0.1) is 0 Å². The quantitative estimate of drug-likeness (QED) is 0.281. The van der Waals surface area contributed by atoms with Crippen LogP contribution in [0.25, 0.3) is 5.69 Å². The van der Waals surface area contributed by atoms with Crippen LogP contribution in [0.15, 0.2) is 42.7 Å². The van der Waals surface area contributed by atoms with E-state index in [0.717, 1.165) is 23.3 Å². The molecule has 0 aliphatic heterocycles. The average Bonchev–Trinajstić information content (AvgIpc) is 3.25. The Morgan fingerprint density at radius 1 is 1.21 bits per heavy atom. The normalized spacial score (nSPS) is 10.7. The van der Waals surface area contributed by atoms with E-state index < -0.39 is 10.9 Å². The number of aryl methyl sites for hydroxylation is 1. The number of aromatic nitrogens is 3. The zero-order valence-corrected chi connectivity index (χ0v) is 15.6. The second kappa shape index (κ2) is 7.47. The number of nitrogens with zero attached hydrogens (tertiary/aromatic N) is 4. The first-order valence-electron chi connectivity index (χ1n) is 8.39. The van der Waals surface area contributed by atoms with Gasteiger partial charge in [0.05, 0.1) is 17.6 Å². The fourth-order valence-corrected chi connectivity index (χ4v) is 3.07. The molecule has 9 heteroatoms. The van der Waals surface area contributed by atoms with Gasteiger partial charge in [-0.3, -0.25) is 19.6 Å². The Hall–Kier alpha value is -3.75. The van der Waals surface area contributed by atoms with Gasteiger partial charge in [-0.05, 0) is 44.2 Å². The molecule has 0 radical (unpaired) electrons. The topological polar surface area (TPSA) is 109 Å². The molecule has 9 nitrogen and oxygen atoms in total. The van der Waals surface area contributed by atoms with Crippen LogP contribution < -0.4 is 0 Å². The summed E-state index contributed by atoms with van der Waals surface area (Å²) in [7, 11) is 1.32. The highest BCUT2D eigenvalue weighted by molar-refractivity contribution is 5.97. The van der Waals surface area contributed by atoms with Gasteiger partial charge in [0, 0.05) is 22.6 Å². The first kappa shape index (κ1) is 19.0. The summed E-state index contributed by atoms with van der Waals surface area (Å²) in [5.74, 6) is -0.625. The number of carbonyl (C=O) groups excluding carboxylic acids is 2. The van der Waals surface area contributed by atoms with Crippen molar-refractivity contribution in [2.24, 2.45) is 0 Å². The molecular weight excluding hydrogens is 364 g/mol. The number of hydrogen-bond donors (Lipinski definition) is 0. The number of esters is 1. The predicted molar refractivity (Wildman–Crippen MR) is 99.8 cm³/mol. The maximum Gasteiger partial charge on any atom is 0.337 e. The third-order valence-electron chi connectivity index (χ3n) is 4.41. The summed E-state index contributed by atoms with van der Waals surface area (Å²) in [6.07, 6.45) is 2.34. The van der Waals surface area contributed by atoms with Gasteiger partial charge in [0.2, 0.25) is 0 Å². The van der Waals surface area contributed by atoms with Gasteiger partial charge in [-0.2, -0.15) is 5.10 Å². The Balaban J connectivity index is 1.87. The molecule has 0 unspecified atom stereocenters. The standard InChI is InChI=1S/C19H18N4O5/c1-12-8-17(18(24)11-21-10-16(9-20-21)23(26)27)13(2)22(12)15-6-4-14(5-7-15)19(25)28-3/h4-10H,11H2,1-3H3. The van der Waals surface area contributed by atoms with Crippen LogP contribution in [0, 0.1) is 24.0 Å². The summed E-state index contributed by atoms with van der Waals surface area (Å²) in [5, 5.41) is 14.6. The number of methoxy groups -OCH3 is 1. The Morgan fingerprint density at radius 2 is 1.89 bits per heavy atom. The van der Waals surface area contributed by atoms with Crippen LogP contribution in [0.3, 0.4) is 0 Å². The molecule has 0 saturated heterocycles. The lowest BCUT2D eigenvalue weighted by molar-refractivity contribution is -0.385. The van der Waals surface area contributed by atoms with E-state index in [0.29, 0.717) is 11.1 Å². The lowest BCUT2D eigenvalue weighted by atomic mass is 10.1. The summed E-state index contributed by atoms with van der Waals surface area (Å²) in [6, 6.07) is 8.63. The Bertz CT molecular complexity index is 1060. The Morgan fingerprint density at radius 3 is 2.46 bits per heavy atom. The van der Waals surface area contributed by atoms with Crippen LogP contribution in [-0.2, 0) is 11.3 Å². The highest BCUT2D eigenvalue weighted by atomic mass is 16.6. The van der Waals surface area contributed by atoms with Crippen LogP contribution >= 0.6 is 0 Å². The number of ether oxygens (including phenoxy) is 1. The molecule has 0 saturated carbocycles. The molecule has 0 spiro atoms. The highest BCUT2D eigenvalue weighted by Gasteiger charge is 2.19. The molecule has 0 bridgehead atoms. The minimum atomic E-state index is -0.558. The van der Waals surface area contributed by atoms with E-state index in [1.54, 1.807) is 30.3 Å². The molecule has 3 aromatic rings. The van der Waals surface area contributed by atoms with Crippen LogP contribution in [0.2, 0.25) is 0 Å². The van der Waals surface area contributed by atoms with Crippen molar-refractivity contribution in [1.29, 1.82) is 0 Å². The molecule has 144 valence electrons. The first-order valence-corrected chi connectivity index (χ1v) is 8.39. The van der Waals surface area contributed by atoms with Crippen molar-refractivity contribution in [2.75, 3.05) is 7.11 Å². The molecule has 0 atom stereocenters. The van der Waals surface area contributed by atoms with Crippen LogP contribution in [-0.4, -0.2) is 38.1 Å². The van der Waals surface area contributed by atoms with Crippen molar-refractivity contribution in [3.8, 4) is 5.69 Å². The molecule has 2 heterocycles. The summed E-state index contributed by atoms with van der Waals surface area (Å²) in [5.41, 5.74) is 3.16. The Labute approximate surface area is 160 Å². The van der Waals surface area contributed by atoms with Gasteiger partial charge < -0.3 is 9.30 Å². The van der Waals surface area contributed by atoms with Gasteiger partial charge in [0.25, 0.3) is 0 Å². The zero-order chi connectivity index (χ0) is 20.4. The van der Waals surface area contributed by atoms with Gasteiger partial charge in [0.15, 0.2) is 5.78 Å². The minimum absolute atomic E-state index is 0.0978. The smallest absolute Gasteiger partial charge is 0.337 e. The molecule has 0 aliphatic rings. The van der Waals surface area contributed by atoms with Crippen molar-refractivity contribution >= 4 is 17.4 Å².